The van der Waals surface area contributed by atoms with Gasteiger partial charge in [0.25, 0.3) is 0 Å². The van der Waals surface area contributed by atoms with Gasteiger partial charge in [0, 0.05) is 19.2 Å². The van der Waals surface area contributed by atoms with Crippen LogP contribution >= 0.6 is 0 Å². The van der Waals surface area contributed by atoms with Gasteiger partial charge in [-0.1, -0.05) is 0 Å². The lowest BCUT2D eigenvalue weighted by atomic mass is 10.4. The highest BCUT2D eigenvalue weighted by Gasteiger charge is 2.37. The maximum Gasteiger partial charge on any atom is 0.346 e. The number of aromatic nitrogens is 2. The van der Waals surface area contributed by atoms with Crippen LogP contribution in [0.3, 0.4) is 0 Å². The first kappa shape index (κ1) is 11.7. The topological polar surface area (TPSA) is 126 Å². The van der Waals surface area contributed by atoms with E-state index in [1.54, 1.807) is 0 Å². The molecule has 0 aromatic carbocycles. The maximum atomic E-state index is 11.6. The Morgan fingerprint density at radius 1 is 1.47 bits per heavy atom. The SMILES string of the molecule is NS(=O)(=O)C1CC(=O)N(c2ccnc(=O)[nH]2)C1. The van der Waals surface area contributed by atoms with Gasteiger partial charge < -0.3 is 0 Å². The third-order valence-electron chi connectivity index (χ3n) is 2.50. The number of aromatic amines is 1. The summed E-state index contributed by atoms with van der Waals surface area (Å²) in [6.45, 7) is -0.0579. The number of carbonyl (C=O) groups excluding carboxylic acids is 1. The number of hydrogen-bond donors (Lipinski definition) is 2. The van der Waals surface area contributed by atoms with E-state index in [-0.39, 0.29) is 18.8 Å². The van der Waals surface area contributed by atoms with Crippen molar-refractivity contribution in [3.63, 3.8) is 0 Å². The summed E-state index contributed by atoms with van der Waals surface area (Å²) in [7, 11) is -3.76. The van der Waals surface area contributed by atoms with Crippen molar-refractivity contribution < 1.29 is 13.2 Å². The Morgan fingerprint density at radius 2 is 2.18 bits per heavy atom. The minimum absolute atomic E-state index is 0.0579. The summed E-state index contributed by atoms with van der Waals surface area (Å²) < 4.78 is 22.3. The summed E-state index contributed by atoms with van der Waals surface area (Å²) >= 11 is 0. The van der Waals surface area contributed by atoms with Crippen LogP contribution in [0.5, 0.6) is 0 Å². The van der Waals surface area contributed by atoms with Gasteiger partial charge in [0.05, 0.1) is 0 Å². The van der Waals surface area contributed by atoms with Gasteiger partial charge in [0.1, 0.15) is 11.1 Å². The molecule has 1 aromatic rings. The van der Waals surface area contributed by atoms with Crippen molar-refractivity contribution in [3.05, 3.63) is 22.7 Å². The number of nitrogens with two attached hydrogens (primary N) is 1. The zero-order chi connectivity index (χ0) is 12.6. The molecular formula is C8H10N4O4S. The summed E-state index contributed by atoms with van der Waals surface area (Å²) in [5, 5.41) is 4.04. The number of amides is 1. The molecule has 1 aliphatic rings. The van der Waals surface area contributed by atoms with Gasteiger partial charge in [-0.2, -0.15) is 0 Å². The molecule has 0 spiro atoms. The van der Waals surface area contributed by atoms with Gasteiger partial charge >= 0.3 is 5.69 Å². The fourth-order valence-corrected chi connectivity index (χ4v) is 2.38. The highest BCUT2D eigenvalue weighted by atomic mass is 32.2. The summed E-state index contributed by atoms with van der Waals surface area (Å²) in [4.78, 5) is 29.5. The van der Waals surface area contributed by atoms with Crippen LogP contribution in [0.25, 0.3) is 0 Å². The lowest BCUT2D eigenvalue weighted by Gasteiger charge is -2.14. The Balaban J connectivity index is 2.31. The third-order valence-corrected chi connectivity index (χ3v) is 3.75. The van der Waals surface area contributed by atoms with Crippen molar-refractivity contribution in [2.45, 2.75) is 11.7 Å². The number of sulfonamides is 1. The van der Waals surface area contributed by atoms with E-state index in [0.717, 1.165) is 0 Å². The Hall–Kier alpha value is -1.74. The number of nitrogens with one attached hydrogen (secondary N) is 1. The molecule has 1 unspecified atom stereocenters. The molecule has 0 bridgehead atoms. The summed E-state index contributed by atoms with van der Waals surface area (Å²) in [5.41, 5.74) is -0.602. The van der Waals surface area contributed by atoms with E-state index in [4.69, 9.17) is 5.14 Å². The number of H-pyrrole nitrogens is 1. The highest BCUT2D eigenvalue weighted by Crippen LogP contribution is 2.21. The number of anilines is 1. The fourth-order valence-electron chi connectivity index (χ4n) is 1.64. The van der Waals surface area contributed by atoms with Crippen molar-refractivity contribution in [2.75, 3.05) is 11.4 Å². The van der Waals surface area contributed by atoms with Crippen LogP contribution in [0.1, 0.15) is 6.42 Å². The van der Waals surface area contributed by atoms with Gasteiger partial charge in [-0.3, -0.25) is 14.7 Å². The van der Waals surface area contributed by atoms with Gasteiger partial charge in [-0.05, 0) is 6.07 Å². The van der Waals surface area contributed by atoms with Crippen LogP contribution in [0, 0.1) is 0 Å². The molecule has 0 radical (unpaired) electrons. The molecule has 1 aliphatic heterocycles. The van der Waals surface area contributed by atoms with Crippen molar-refractivity contribution in [1.29, 1.82) is 0 Å². The molecule has 0 saturated carbocycles. The maximum absolute atomic E-state index is 11.6. The number of primary sulfonamides is 1. The second kappa shape index (κ2) is 3.93. The molecule has 3 N–H and O–H groups in total. The summed E-state index contributed by atoms with van der Waals surface area (Å²) in [6, 6.07) is 1.42. The van der Waals surface area contributed by atoms with E-state index in [1.807, 2.05) is 0 Å². The van der Waals surface area contributed by atoms with E-state index < -0.39 is 26.9 Å². The summed E-state index contributed by atoms with van der Waals surface area (Å²) in [6.07, 6.45) is 1.06. The minimum Gasteiger partial charge on any atom is -0.297 e. The Morgan fingerprint density at radius 3 is 2.71 bits per heavy atom. The van der Waals surface area contributed by atoms with Crippen LogP contribution in [0.15, 0.2) is 17.1 Å². The quantitative estimate of drug-likeness (QED) is 0.644. The van der Waals surface area contributed by atoms with Crippen molar-refractivity contribution in [3.8, 4) is 0 Å². The fraction of sp³-hybridized carbons (Fsp3) is 0.375. The lowest BCUT2D eigenvalue weighted by Crippen LogP contribution is -2.33. The smallest absolute Gasteiger partial charge is 0.297 e. The van der Waals surface area contributed by atoms with Crippen molar-refractivity contribution >= 4 is 21.7 Å². The molecule has 1 amide bonds. The molecule has 0 aliphatic carbocycles. The Kier molecular flexibility index (Phi) is 2.71. The average molecular weight is 258 g/mol. The van der Waals surface area contributed by atoms with Crippen molar-refractivity contribution in [2.24, 2.45) is 5.14 Å². The zero-order valence-corrected chi connectivity index (χ0v) is 9.48. The molecule has 92 valence electrons. The van der Waals surface area contributed by atoms with E-state index in [1.165, 1.54) is 17.2 Å². The van der Waals surface area contributed by atoms with Crippen molar-refractivity contribution in [1.82, 2.24) is 9.97 Å². The van der Waals surface area contributed by atoms with E-state index in [9.17, 15) is 18.0 Å². The first-order chi connectivity index (χ1) is 7.88. The van der Waals surface area contributed by atoms with E-state index in [0.29, 0.717) is 0 Å². The largest absolute Gasteiger partial charge is 0.346 e. The lowest BCUT2D eigenvalue weighted by molar-refractivity contribution is -0.117. The number of rotatable bonds is 2. The number of carbonyl (C=O) groups is 1. The predicted molar refractivity (Wildman–Crippen MR) is 58.7 cm³/mol. The molecule has 1 aromatic heterocycles. The molecule has 17 heavy (non-hydrogen) atoms. The van der Waals surface area contributed by atoms with Gasteiger partial charge in [0.2, 0.25) is 15.9 Å². The molecule has 8 nitrogen and oxygen atoms in total. The molecule has 9 heteroatoms. The predicted octanol–water partition coefficient (Wildman–Crippen LogP) is -1.84. The average Bonchev–Trinajstić information content (AvgIpc) is 2.60. The third kappa shape index (κ3) is 2.34. The zero-order valence-electron chi connectivity index (χ0n) is 8.66. The second-order valence-electron chi connectivity index (χ2n) is 3.68. The van der Waals surface area contributed by atoms with Crippen LogP contribution < -0.4 is 15.7 Å². The highest BCUT2D eigenvalue weighted by molar-refractivity contribution is 7.89. The van der Waals surface area contributed by atoms with Crippen LogP contribution in [-0.2, 0) is 14.8 Å². The Labute approximate surface area is 96.5 Å². The molecular weight excluding hydrogens is 248 g/mol. The molecule has 1 atom stereocenters. The van der Waals surface area contributed by atoms with Crippen LogP contribution in [0.2, 0.25) is 0 Å². The molecule has 2 heterocycles. The molecule has 1 saturated heterocycles. The van der Waals surface area contributed by atoms with Crippen LogP contribution in [0.4, 0.5) is 5.82 Å². The minimum atomic E-state index is -3.76. The monoisotopic (exact) mass is 258 g/mol. The Bertz CT molecular complexity index is 608. The molecule has 1 fully saturated rings. The van der Waals surface area contributed by atoms with E-state index >= 15 is 0 Å². The van der Waals surface area contributed by atoms with E-state index in [2.05, 4.69) is 9.97 Å². The van der Waals surface area contributed by atoms with Gasteiger partial charge in [-0.25, -0.2) is 23.3 Å². The number of nitrogens with zero attached hydrogens (tertiary/aromatic N) is 2. The molecule has 2 rings (SSSR count). The second-order valence-corrected chi connectivity index (χ2v) is 5.52. The standard InChI is InChI=1S/C8H10N4O4S/c9-17(15,16)5-3-7(13)12(4-5)6-1-2-10-8(14)11-6/h1-2,5H,3-4H2,(H2,9,15,16)(H,10,11,14). The van der Waals surface area contributed by atoms with Gasteiger partial charge in [0.15, 0.2) is 0 Å². The summed E-state index contributed by atoms with van der Waals surface area (Å²) in [5.74, 6) is -0.174. The normalized spacial score (nSPS) is 20.9. The van der Waals surface area contributed by atoms with Crippen LogP contribution in [-0.4, -0.2) is 36.1 Å². The van der Waals surface area contributed by atoms with Gasteiger partial charge in [-0.15, -0.1) is 0 Å². The first-order valence-electron chi connectivity index (χ1n) is 4.75. The first-order valence-corrected chi connectivity index (χ1v) is 6.36. The number of hydrogen-bond acceptors (Lipinski definition) is 5.